The van der Waals surface area contributed by atoms with Gasteiger partial charge in [0.15, 0.2) is 0 Å². The molecule has 1 amide bonds. The lowest BCUT2D eigenvalue weighted by molar-refractivity contribution is -0.123. The number of carbonyl (C=O) groups is 1. The van der Waals surface area contributed by atoms with Gasteiger partial charge in [-0.15, -0.1) is 11.3 Å². The maximum absolute atomic E-state index is 12.3. The van der Waals surface area contributed by atoms with E-state index in [-0.39, 0.29) is 17.2 Å². The molecule has 4 nitrogen and oxygen atoms in total. The van der Waals surface area contributed by atoms with Crippen LogP contribution in [-0.2, 0) is 9.53 Å². The summed E-state index contributed by atoms with van der Waals surface area (Å²) in [6.45, 7) is 5.24. The molecular weight excluding hydrogens is 308 g/mol. The number of piperidine rings is 1. The summed E-state index contributed by atoms with van der Waals surface area (Å²) in [5, 5.41) is 6.46. The molecule has 21 heavy (non-hydrogen) atoms. The Labute approximate surface area is 135 Å². The van der Waals surface area contributed by atoms with Crippen LogP contribution in [0.25, 0.3) is 0 Å². The second-order valence-electron chi connectivity index (χ2n) is 5.76. The predicted molar refractivity (Wildman–Crippen MR) is 87.2 cm³/mol. The van der Waals surface area contributed by atoms with Gasteiger partial charge in [-0.3, -0.25) is 4.79 Å². The molecule has 0 bridgehead atoms. The van der Waals surface area contributed by atoms with Crippen molar-refractivity contribution < 1.29 is 9.53 Å². The highest BCUT2D eigenvalue weighted by atomic mass is 35.5. The first-order chi connectivity index (χ1) is 10.1. The van der Waals surface area contributed by atoms with Crippen LogP contribution < -0.4 is 10.6 Å². The molecule has 1 aliphatic rings. The van der Waals surface area contributed by atoms with Crippen molar-refractivity contribution in [3.63, 3.8) is 0 Å². The molecule has 0 radical (unpaired) electrons. The summed E-state index contributed by atoms with van der Waals surface area (Å²) in [5.74, 6) is -0.105. The number of rotatable bonds is 6. The molecule has 1 atom stereocenters. The summed E-state index contributed by atoms with van der Waals surface area (Å²) in [5.41, 5.74) is 0.0580. The molecule has 1 aromatic rings. The van der Waals surface area contributed by atoms with Crippen molar-refractivity contribution in [3.8, 4) is 0 Å². The Bertz CT molecular complexity index is 466. The fourth-order valence-electron chi connectivity index (χ4n) is 2.75. The number of hydrogen-bond acceptors (Lipinski definition) is 4. The van der Waals surface area contributed by atoms with Crippen molar-refractivity contribution >= 4 is 28.8 Å². The SMILES string of the molecule is COCC1(CNC(=O)C(C)c2ccc(Cl)s2)CCNCC1. The Hall–Kier alpha value is -0.620. The molecule has 1 aliphatic heterocycles. The summed E-state index contributed by atoms with van der Waals surface area (Å²) in [6, 6.07) is 3.76. The quantitative estimate of drug-likeness (QED) is 0.843. The van der Waals surface area contributed by atoms with Gasteiger partial charge in [0.2, 0.25) is 5.91 Å². The van der Waals surface area contributed by atoms with E-state index in [2.05, 4.69) is 10.6 Å². The minimum Gasteiger partial charge on any atom is -0.384 e. The number of ether oxygens (including phenoxy) is 1. The van der Waals surface area contributed by atoms with Gasteiger partial charge < -0.3 is 15.4 Å². The molecule has 6 heteroatoms. The predicted octanol–water partition coefficient (Wildman–Crippen LogP) is 2.64. The Balaban J connectivity index is 1.92. The number of thiophene rings is 1. The zero-order valence-corrected chi connectivity index (χ0v) is 14.1. The van der Waals surface area contributed by atoms with Gasteiger partial charge in [0.1, 0.15) is 0 Å². The fourth-order valence-corrected chi connectivity index (χ4v) is 3.86. The molecule has 0 aromatic carbocycles. The van der Waals surface area contributed by atoms with Crippen molar-refractivity contribution in [3.05, 3.63) is 21.3 Å². The minimum atomic E-state index is -0.163. The number of amides is 1. The zero-order chi connectivity index (χ0) is 15.3. The van der Waals surface area contributed by atoms with Gasteiger partial charge in [0, 0.05) is 23.9 Å². The first-order valence-corrected chi connectivity index (χ1v) is 8.48. The third-order valence-corrected chi connectivity index (χ3v) is 5.58. The highest BCUT2D eigenvalue weighted by Crippen LogP contribution is 2.30. The van der Waals surface area contributed by atoms with Crippen LogP contribution in [0.15, 0.2) is 12.1 Å². The number of nitrogens with one attached hydrogen (secondary N) is 2. The largest absolute Gasteiger partial charge is 0.384 e. The Kier molecular flexibility index (Phi) is 6.05. The second-order valence-corrected chi connectivity index (χ2v) is 7.51. The van der Waals surface area contributed by atoms with Gasteiger partial charge in [0.05, 0.1) is 16.9 Å². The molecule has 2 N–H and O–H groups in total. The molecule has 1 aromatic heterocycles. The first-order valence-electron chi connectivity index (χ1n) is 7.29. The molecular formula is C15H23ClN2O2S. The van der Waals surface area contributed by atoms with Crippen molar-refractivity contribution in [2.24, 2.45) is 5.41 Å². The van der Waals surface area contributed by atoms with Crippen molar-refractivity contribution in [2.75, 3.05) is 33.4 Å². The minimum absolute atomic E-state index is 0.0579. The normalized spacial score (nSPS) is 19.2. The first kappa shape index (κ1) is 16.7. The molecule has 0 saturated carbocycles. The van der Waals surface area contributed by atoms with Gasteiger partial charge in [-0.2, -0.15) is 0 Å². The molecule has 1 fully saturated rings. The van der Waals surface area contributed by atoms with Crippen LogP contribution in [0.1, 0.15) is 30.6 Å². The molecule has 1 saturated heterocycles. The van der Waals surface area contributed by atoms with Gasteiger partial charge >= 0.3 is 0 Å². The summed E-state index contributed by atoms with van der Waals surface area (Å²) in [4.78, 5) is 13.3. The van der Waals surface area contributed by atoms with Crippen LogP contribution in [0.2, 0.25) is 4.34 Å². The maximum Gasteiger partial charge on any atom is 0.228 e. The summed E-state index contributed by atoms with van der Waals surface area (Å²) in [7, 11) is 1.72. The summed E-state index contributed by atoms with van der Waals surface area (Å²) < 4.78 is 6.09. The topological polar surface area (TPSA) is 50.4 Å². The fraction of sp³-hybridized carbons (Fsp3) is 0.667. The highest BCUT2D eigenvalue weighted by Gasteiger charge is 2.33. The van der Waals surface area contributed by atoms with Crippen molar-refractivity contribution in [1.29, 1.82) is 0 Å². The summed E-state index contributed by atoms with van der Waals surface area (Å²) in [6.07, 6.45) is 2.06. The van der Waals surface area contributed by atoms with Crippen LogP contribution in [0.4, 0.5) is 0 Å². The molecule has 0 spiro atoms. The maximum atomic E-state index is 12.3. The number of halogens is 1. The Morgan fingerprint density at radius 2 is 2.24 bits per heavy atom. The van der Waals surface area contributed by atoms with E-state index in [1.807, 2.05) is 19.1 Å². The van der Waals surface area contributed by atoms with E-state index in [1.54, 1.807) is 7.11 Å². The van der Waals surface area contributed by atoms with E-state index in [9.17, 15) is 4.79 Å². The lowest BCUT2D eigenvalue weighted by Crippen LogP contribution is -2.47. The molecule has 0 aliphatic carbocycles. The molecule has 2 heterocycles. The smallest absolute Gasteiger partial charge is 0.228 e. The van der Waals surface area contributed by atoms with E-state index in [0.717, 1.165) is 35.1 Å². The van der Waals surface area contributed by atoms with E-state index in [1.165, 1.54) is 11.3 Å². The number of hydrogen-bond donors (Lipinski definition) is 2. The standard InChI is InChI=1S/C15H23ClN2O2S/c1-11(12-3-4-13(16)21-12)14(19)18-9-15(10-20-2)5-7-17-8-6-15/h3-4,11,17H,5-10H2,1-2H3,(H,18,19). The van der Waals surface area contributed by atoms with Crippen LogP contribution in [0.3, 0.4) is 0 Å². The van der Waals surface area contributed by atoms with E-state index in [4.69, 9.17) is 16.3 Å². The van der Waals surface area contributed by atoms with Crippen molar-refractivity contribution in [1.82, 2.24) is 10.6 Å². The van der Waals surface area contributed by atoms with Crippen molar-refractivity contribution in [2.45, 2.75) is 25.7 Å². The second kappa shape index (κ2) is 7.58. The lowest BCUT2D eigenvalue weighted by Gasteiger charge is -2.37. The monoisotopic (exact) mass is 330 g/mol. The zero-order valence-electron chi connectivity index (χ0n) is 12.6. The summed E-state index contributed by atoms with van der Waals surface area (Å²) >= 11 is 7.40. The van der Waals surface area contributed by atoms with Crippen LogP contribution >= 0.6 is 22.9 Å². The molecule has 118 valence electrons. The van der Waals surface area contributed by atoms with E-state index < -0.39 is 0 Å². The average molecular weight is 331 g/mol. The van der Waals surface area contributed by atoms with E-state index in [0.29, 0.717) is 13.2 Å². The lowest BCUT2D eigenvalue weighted by atomic mass is 9.79. The van der Waals surface area contributed by atoms with Gasteiger partial charge in [-0.25, -0.2) is 0 Å². The third-order valence-electron chi connectivity index (χ3n) is 4.17. The number of methoxy groups -OCH3 is 1. The Morgan fingerprint density at radius 1 is 1.52 bits per heavy atom. The van der Waals surface area contributed by atoms with Gasteiger partial charge in [-0.05, 0) is 45.0 Å². The van der Waals surface area contributed by atoms with Crippen LogP contribution in [0, 0.1) is 5.41 Å². The Morgan fingerprint density at radius 3 is 2.81 bits per heavy atom. The van der Waals surface area contributed by atoms with Crippen LogP contribution in [0.5, 0.6) is 0 Å². The third kappa shape index (κ3) is 4.42. The van der Waals surface area contributed by atoms with Gasteiger partial charge in [0.25, 0.3) is 0 Å². The van der Waals surface area contributed by atoms with Gasteiger partial charge in [-0.1, -0.05) is 11.6 Å². The average Bonchev–Trinajstić information content (AvgIpc) is 2.92. The highest BCUT2D eigenvalue weighted by molar-refractivity contribution is 7.16. The molecule has 2 rings (SSSR count). The molecule has 1 unspecified atom stereocenters. The van der Waals surface area contributed by atoms with Crippen LogP contribution in [-0.4, -0.2) is 39.3 Å². The van der Waals surface area contributed by atoms with E-state index >= 15 is 0 Å². The number of carbonyl (C=O) groups excluding carboxylic acids is 1.